The second kappa shape index (κ2) is 10.4. The summed E-state index contributed by atoms with van der Waals surface area (Å²) in [6, 6.07) is 2.87. The molecule has 31 heavy (non-hydrogen) atoms. The molecule has 2 amide bonds. The van der Waals surface area contributed by atoms with Crippen LogP contribution in [0.1, 0.15) is 61.1 Å². The summed E-state index contributed by atoms with van der Waals surface area (Å²) in [5, 5.41) is 0. The minimum absolute atomic E-state index is 0.0432. The average Bonchev–Trinajstić information content (AvgIpc) is 2.56. The molecule has 0 aliphatic rings. The summed E-state index contributed by atoms with van der Waals surface area (Å²) in [6.07, 6.45) is -0.521. The molecule has 1 rings (SSSR count). The number of carbonyl (C=O) groups is 4. The third-order valence-electron chi connectivity index (χ3n) is 3.69. The van der Waals surface area contributed by atoms with Gasteiger partial charge in [-0.2, -0.15) is 4.90 Å². The number of pyridine rings is 1. The van der Waals surface area contributed by atoms with Gasteiger partial charge in [-0.05, 0) is 67.5 Å². The van der Waals surface area contributed by atoms with E-state index in [1.807, 2.05) is 0 Å². The maximum Gasteiger partial charge on any atom is 0.424 e. The second-order valence-electron chi connectivity index (χ2n) is 8.92. The van der Waals surface area contributed by atoms with E-state index in [0.29, 0.717) is 5.69 Å². The van der Waals surface area contributed by atoms with Crippen LogP contribution in [0.25, 0.3) is 0 Å². The molecule has 0 aliphatic carbocycles. The molecule has 1 heterocycles. The zero-order chi connectivity index (χ0) is 24.0. The Kier molecular flexibility index (Phi) is 8.72. The predicted molar refractivity (Wildman–Crippen MR) is 114 cm³/mol. The Morgan fingerprint density at radius 3 is 1.94 bits per heavy atom. The minimum atomic E-state index is -1.04. The fourth-order valence-corrected chi connectivity index (χ4v) is 2.46. The van der Waals surface area contributed by atoms with E-state index in [2.05, 4.69) is 4.98 Å². The first-order chi connectivity index (χ1) is 14.1. The number of hydrogen-bond acceptors (Lipinski definition) is 8. The predicted octanol–water partition coefficient (Wildman–Crippen LogP) is 4.07. The highest BCUT2D eigenvalue weighted by atomic mass is 16.6. The second-order valence-corrected chi connectivity index (χ2v) is 8.92. The lowest BCUT2D eigenvalue weighted by atomic mass is 9.98. The van der Waals surface area contributed by atoms with Gasteiger partial charge < -0.3 is 14.2 Å². The molecule has 0 saturated heterocycles. The van der Waals surface area contributed by atoms with E-state index >= 15 is 0 Å². The molecule has 0 aromatic carbocycles. The monoisotopic (exact) mass is 436 g/mol. The average molecular weight is 437 g/mol. The summed E-state index contributed by atoms with van der Waals surface area (Å²) < 4.78 is 15.7. The van der Waals surface area contributed by atoms with Gasteiger partial charge in [-0.3, -0.25) is 14.6 Å². The zero-order valence-corrected chi connectivity index (χ0v) is 19.5. The van der Waals surface area contributed by atoms with Gasteiger partial charge in [0.15, 0.2) is 0 Å². The molecule has 1 unspecified atom stereocenters. The lowest BCUT2D eigenvalue weighted by Crippen LogP contribution is -2.43. The van der Waals surface area contributed by atoms with Gasteiger partial charge in [-0.25, -0.2) is 9.59 Å². The van der Waals surface area contributed by atoms with Crippen molar-refractivity contribution in [2.45, 2.75) is 73.0 Å². The van der Waals surface area contributed by atoms with E-state index in [4.69, 9.17) is 14.2 Å². The van der Waals surface area contributed by atoms with E-state index in [1.54, 1.807) is 48.5 Å². The number of imide groups is 1. The fourth-order valence-electron chi connectivity index (χ4n) is 2.46. The number of Topliss-reactive ketones (excluding diaryl/α,β-unsaturated/α-hetero) is 1. The summed E-state index contributed by atoms with van der Waals surface area (Å²) >= 11 is 0. The number of anilines is 1. The lowest BCUT2D eigenvalue weighted by Gasteiger charge is -2.28. The van der Waals surface area contributed by atoms with Crippen molar-refractivity contribution < 1.29 is 33.4 Å². The molecular weight excluding hydrogens is 404 g/mol. The van der Waals surface area contributed by atoms with E-state index in [1.165, 1.54) is 25.3 Å². The number of ether oxygens (including phenoxy) is 3. The van der Waals surface area contributed by atoms with Crippen LogP contribution < -0.4 is 4.90 Å². The van der Waals surface area contributed by atoms with Crippen molar-refractivity contribution >= 4 is 29.6 Å². The summed E-state index contributed by atoms with van der Waals surface area (Å²) in [5.41, 5.74) is -1.24. The van der Waals surface area contributed by atoms with Crippen LogP contribution in [0.3, 0.4) is 0 Å². The third kappa shape index (κ3) is 8.74. The van der Waals surface area contributed by atoms with Crippen molar-refractivity contribution in [1.82, 2.24) is 4.98 Å². The smallest absolute Gasteiger partial charge is 0.424 e. The molecule has 172 valence electrons. The van der Waals surface area contributed by atoms with Gasteiger partial charge in [0, 0.05) is 18.3 Å². The number of carbonyl (C=O) groups excluding carboxylic acids is 4. The van der Waals surface area contributed by atoms with Crippen molar-refractivity contribution in [3.05, 3.63) is 24.0 Å². The Labute approximate surface area is 183 Å². The molecule has 0 aliphatic heterocycles. The summed E-state index contributed by atoms with van der Waals surface area (Å²) in [6.45, 7) is 13.1. The normalized spacial score (nSPS) is 12.5. The molecule has 1 atom stereocenters. The maximum atomic E-state index is 12.8. The summed E-state index contributed by atoms with van der Waals surface area (Å²) in [5.74, 6) is -2.07. The number of ketones is 1. The van der Waals surface area contributed by atoms with Gasteiger partial charge in [-0.1, -0.05) is 0 Å². The Balaban J connectivity index is 3.30. The Bertz CT molecular complexity index is 794. The number of esters is 1. The van der Waals surface area contributed by atoms with Gasteiger partial charge in [0.25, 0.3) is 0 Å². The third-order valence-corrected chi connectivity index (χ3v) is 3.69. The highest BCUT2D eigenvalue weighted by Gasteiger charge is 2.33. The van der Waals surface area contributed by atoms with Crippen molar-refractivity contribution in [2.75, 3.05) is 11.5 Å². The molecule has 9 nitrogen and oxygen atoms in total. The lowest BCUT2D eigenvalue weighted by molar-refractivity contribution is -0.151. The SMILES string of the molecule is CCOC(=O)C(Cc1cc(N(C(=O)OC(C)(C)C)C(=O)OC(C)(C)C)ccn1)C(C)=O. The molecule has 0 fully saturated rings. The molecule has 1 aromatic heterocycles. The molecule has 0 bridgehead atoms. The van der Waals surface area contributed by atoms with Crippen molar-refractivity contribution in [2.24, 2.45) is 5.92 Å². The number of rotatable bonds is 6. The van der Waals surface area contributed by atoms with Gasteiger partial charge in [0.2, 0.25) is 0 Å². The van der Waals surface area contributed by atoms with Crippen LogP contribution in [-0.4, -0.2) is 46.7 Å². The minimum Gasteiger partial charge on any atom is -0.465 e. The highest BCUT2D eigenvalue weighted by molar-refractivity contribution is 6.09. The summed E-state index contributed by atoms with van der Waals surface area (Å²) in [4.78, 5) is 54.5. The standard InChI is InChI=1S/C22H32N2O7/c1-9-29-18(26)17(14(2)25)13-15-12-16(10-11-23-15)24(19(27)30-21(3,4)5)20(28)31-22(6,7)8/h10-12,17H,9,13H2,1-8H3. The zero-order valence-electron chi connectivity index (χ0n) is 19.5. The van der Waals surface area contributed by atoms with Crippen molar-refractivity contribution in [3.8, 4) is 0 Å². The summed E-state index contributed by atoms with van der Waals surface area (Å²) in [7, 11) is 0. The van der Waals surface area contributed by atoms with Gasteiger partial charge in [-0.15, -0.1) is 0 Å². The first-order valence-electron chi connectivity index (χ1n) is 10.0. The van der Waals surface area contributed by atoms with E-state index in [0.717, 1.165) is 4.90 Å². The number of nitrogens with zero attached hydrogens (tertiary/aromatic N) is 2. The Hall–Kier alpha value is -2.97. The van der Waals surface area contributed by atoms with Crippen LogP contribution in [0.5, 0.6) is 0 Å². The van der Waals surface area contributed by atoms with E-state index in [-0.39, 0.29) is 24.5 Å². The number of hydrogen-bond donors (Lipinski definition) is 0. The first kappa shape index (κ1) is 26.1. The molecular formula is C22H32N2O7. The first-order valence-corrected chi connectivity index (χ1v) is 10.0. The maximum absolute atomic E-state index is 12.8. The molecule has 0 radical (unpaired) electrons. The number of aromatic nitrogens is 1. The topological polar surface area (TPSA) is 112 Å². The van der Waals surface area contributed by atoms with Crippen LogP contribution in [0, 0.1) is 5.92 Å². The van der Waals surface area contributed by atoms with Crippen molar-refractivity contribution in [1.29, 1.82) is 0 Å². The molecule has 0 saturated carbocycles. The van der Waals surface area contributed by atoms with E-state index < -0.39 is 35.3 Å². The van der Waals surface area contributed by atoms with Crippen LogP contribution in [0.2, 0.25) is 0 Å². The quantitative estimate of drug-likeness (QED) is 0.373. The molecule has 1 aromatic rings. The number of amides is 2. The highest BCUT2D eigenvalue weighted by Crippen LogP contribution is 2.23. The van der Waals surface area contributed by atoms with E-state index in [9.17, 15) is 19.2 Å². The molecule has 9 heteroatoms. The molecule has 0 N–H and O–H groups in total. The van der Waals surface area contributed by atoms with Crippen LogP contribution >= 0.6 is 0 Å². The largest absolute Gasteiger partial charge is 0.465 e. The fraction of sp³-hybridized carbons (Fsp3) is 0.591. The van der Waals surface area contributed by atoms with Crippen molar-refractivity contribution in [3.63, 3.8) is 0 Å². The Morgan fingerprint density at radius 2 is 1.52 bits per heavy atom. The van der Waals surface area contributed by atoms with Gasteiger partial charge >= 0.3 is 18.2 Å². The van der Waals surface area contributed by atoms with Crippen LogP contribution in [0.4, 0.5) is 15.3 Å². The van der Waals surface area contributed by atoms with Crippen LogP contribution in [-0.2, 0) is 30.2 Å². The Morgan fingerprint density at radius 1 is 1.00 bits per heavy atom. The van der Waals surface area contributed by atoms with Crippen LogP contribution in [0.15, 0.2) is 18.3 Å². The molecule has 0 spiro atoms. The van der Waals surface area contributed by atoms with Gasteiger partial charge in [0.05, 0.1) is 12.3 Å². The van der Waals surface area contributed by atoms with Gasteiger partial charge in [0.1, 0.15) is 22.9 Å².